The fourth-order valence-electron chi connectivity index (χ4n) is 5.69. The van der Waals surface area contributed by atoms with Crippen molar-refractivity contribution in [2.24, 2.45) is 23.5 Å². The van der Waals surface area contributed by atoms with Crippen LogP contribution in [-0.2, 0) is 14.4 Å². The number of hydrogen-bond donors (Lipinski definition) is 4. The van der Waals surface area contributed by atoms with Crippen molar-refractivity contribution in [2.75, 3.05) is 6.54 Å². The third-order valence-corrected chi connectivity index (χ3v) is 9.08. The minimum Gasteiger partial charge on any atom is -0.366 e. The first-order chi connectivity index (χ1) is 24.1. The van der Waals surface area contributed by atoms with Crippen LogP contribution in [-0.4, -0.2) is 58.9 Å². The third-order valence-electron chi connectivity index (χ3n) is 9.08. The normalized spacial score (nSPS) is 18.7. The van der Waals surface area contributed by atoms with E-state index in [1.807, 2.05) is 27.7 Å². The van der Waals surface area contributed by atoms with E-state index in [2.05, 4.69) is 82.8 Å². The van der Waals surface area contributed by atoms with E-state index in [9.17, 15) is 19.2 Å². The lowest BCUT2D eigenvalue weighted by Gasteiger charge is -2.36. The summed E-state index contributed by atoms with van der Waals surface area (Å²) in [5.74, 6) is 2.30. The van der Waals surface area contributed by atoms with Crippen molar-refractivity contribution in [3.63, 3.8) is 0 Å². The van der Waals surface area contributed by atoms with E-state index in [1.165, 1.54) is 12.8 Å². The summed E-state index contributed by atoms with van der Waals surface area (Å²) in [5.41, 5.74) is 4.70. The molecule has 51 heavy (non-hydrogen) atoms. The van der Waals surface area contributed by atoms with Gasteiger partial charge in [0.2, 0.25) is 17.7 Å². The summed E-state index contributed by atoms with van der Waals surface area (Å²) in [4.78, 5) is 53.5. The predicted octanol–water partition coefficient (Wildman–Crippen LogP) is 8.12. The summed E-state index contributed by atoms with van der Waals surface area (Å²) in [6, 6.07) is -2.63. The van der Waals surface area contributed by atoms with E-state index in [0.717, 1.165) is 57.3 Å². The molecule has 5 atom stereocenters. The molecule has 1 heterocycles. The van der Waals surface area contributed by atoms with Crippen molar-refractivity contribution in [2.45, 2.75) is 183 Å². The van der Waals surface area contributed by atoms with Crippen molar-refractivity contribution < 1.29 is 19.2 Å². The van der Waals surface area contributed by atoms with Crippen LogP contribution in [0.3, 0.4) is 0 Å². The Morgan fingerprint density at radius 2 is 1.47 bits per heavy atom. The molecule has 1 saturated carbocycles. The molecule has 2 fully saturated rings. The number of likely N-dealkylation sites (tertiary alicyclic amines) is 1. The first-order valence-corrected chi connectivity index (χ1v) is 19.6. The number of nitrogens with one attached hydrogen (secondary N) is 3. The number of urea groups is 1. The summed E-state index contributed by atoms with van der Waals surface area (Å²) in [5, 5.41) is 8.71. The maximum atomic E-state index is 14.0. The van der Waals surface area contributed by atoms with E-state index in [-0.39, 0.29) is 29.2 Å². The van der Waals surface area contributed by atoms with Crippen molar-refractivity contribution >= 4 is 23.8 Å². The van der Waals surface area contributed by atoms with Gasteiger partial charge in [-0.05, 0) is 50.4 Å². The van der Waals surface area contributed by atoms with Crippen LogP contribution < -0.4 is 21.7 Å². The molecule has 0 spiro atoms. The quantitative estimate of drug-likeness (QED) is 0.0821. The molecule has 294 valence electrons. The number of rotatable bonds is 14. The molecule has 5 N–H and O–H groups in total. The Hall–Kier alpha value is -3.46. The Labute approximate surface area is 313 Å². The second-order valence-corrected chi connectivity index (χ2v) is 14.2. The van der Waals surface area contributed by atoms with Crippen LogP contribution in [0.1, 0.15) is 160 Å². The number of amides is 5. The maximum Gasteiger partial charge on any atom is 0.316 e. The summed E-state index contributed by atoms with van der Waals surface area (Å²) in [6.07, 6.45) is 26.3. The Kier molecular flexibility index (Phi) is 30.7. The molecule has 9 nitrogen and oxygen atoms in total. The van der Waals surface area contributed by atoms with Crippen LogP contribution in [0.2, 0.25) is 0 Å². The highest BCUT2D eigenvalue weighted by Crippen LogP contribution is 2.29. The average molecular weight is 716 g/mol. The molecule has 9 heteroatoms. The van der Waals surface area contributed by atoms with Gasteiger partial charge in [-0.3, -0.25) is 14.4 Å². The minimum absolute atomic E-state index is 0.0920. The van der Waals surface area contributed by atoms with Gasteiger partial charge in [0.25, 0.3) is 0 Å². The van der Waals surface area contributed by atoms with E-state index < -0.39 is 35.6 Å². The zero-order valence-corrected chi connectivity index (χ0v) is 34.5. The van der Waals surface area contributed by atoms with Crippen molar-refractivity contribution in [1.29, 1.82) is 0 Å². The largest absolute Gasteiger partial charge is 0.366 e. The van der Waals surface area contributed by atoms with E-state index in [1.54, 1.807) is 11.8 Å². The minimum atomic E-state index is -0.802. The van der Waals surface area contributed by atoms with Crippen LogP contribution in [0.25, 0.3) is 0 Å². The van der Waals surface area contributed by atoms with Gasteiger partial charge < -0.3 is 26.6 Å². The van der Waals surface area contributed by atoms with E-state index >= 15 is 0 Å². The maximum absolute atomic E-state index is 14.0. The molecule has 2 rings (SSSR count). The summed E-state index contributed by atoms with van der Waals surface area (Å²) in [7, 11) is 0. The monoisotopic (exact) mass is 716 g/mol. The van der Waals surface area contributed by atoms with Crippen LogP contribution in [0.5, 0.6) is 0 Å². The molecule has 1 aliphatic heterocycles. The molecular formula is C42H77N5O4. The highest BCUT2D eigenvalue weighted by molar-refractivity contribution is 5.95. The van der Waals surface area contributed by atoms with Gasteiger partial charge in [-0.15, -0.1) is 19.3 Å². The van der Waals surface area contributed by atoms with Gasteiger partial charge in [-0.25, -0.2) is 4.79 Å². The fraction of sp³-hybridized carbons (Fsp3) is 0.762. The molecule has 0 aromatic heterocycles. The SMILES string of the molecule is C#C.C#CC1(NC(=O)NC(C(=O)N2C[C@H](C)CC2C(=O)NC(C)C(=C)C(N)=O)C(C)CCCCCC)CCCCC1.CC.CCC.CCC(C)C. The molecule has 1 aliphatic carbocycles. The van der Waals surface area contributed by atoms with Gasteiger partial charge >= 0.3 is 6.03 Å². The Morgan fingerprint density at radius 3 is 1.92 bits per heavy atom. The summed E-state index contributed by atoms with van der Waals surface area (Å²) >= 11 is 0. The zero-order chi connectivity index (χ0) is 40.2. The van der Waals surface area contributed by atoms with Crippen LogP contribution in [0.15, 0.2) is 12.2 Å². The number of hydrogen-bond acceptors (Lipinski definition) is 4. The van der Waals surface area contributed by atoms with Crippen molar-refractivity contribution in [3.05, 3.63) is 12.2 Å². The van der Waals surface area contributed by atoms with Crippen LogP contribution in [0, 0.1) is 42.9 Å². The molecule has 0 aromatic carbocycles. The highest BCUT2D eigenvalue weighted by Gasteiger charge is 2.43. The molecule has 1 saturated heterocycles. The molecule has 5 amide bonds. The standard InChI is InChI=1S/C30H49N5O4.C5H12.C3H8.C2H6.C2H2/c1-7-9-10-12-15-21(4)25(33-29(39)34-30(8-2)16-13-11-14-17-30)28(38)35-19-20(3)18-24(35)27(37)32-23(6)22(5)26(31)36;1-4-5(2)3;1-3-2;2*1-2/h2,20-21,23-25H,5,7,9-19H2,1,3-4,6H3,(H2,31,36)(H,32,37)(H2,33,34,39);5H,4H2,1-3H3;3H2,1-2H3;1-2H3;1-2H/t20-,21?,23?,24?,25?;;;;/m1..../s1. The second-order valence-electron chi connectivity index (χ2n) is 14.2. The van der Waals surface area contributed by atoms with Gasteiger partial charge in [-0.2, -0.15) is 0 Å². The van der Waals surface area contributed by atoms with E-state index in [0.29, 0.717) is 25.8 Å². The summed E-state index contributed by atoms with van der Waals surface area (Å²) < 4.78 is 0. The van der Waals surface area contributed by atoms with Gasteiger partial charge in [0.15, 0.2) is 0 Å². The second kappa shape index (κ2) is 30.2. The number of primary amides is 1. The number of nitrogens with two attached hydrogens (primary N) is 1. The number of nitrogens with zero attached hydrogens (tertiary/aromatic N) is 1. The number of carbonyl (C=O) groups excluding carboxylic acids is 4. The Balaban J connectivity index is -0.00000168. The molecule has 0 bridgehead atoms. The smallest absolute Gasteiger partial charge is 0.316 e. The fourth-order valence-corrected chi connectivity index (χ4v) is 5.69. The Morgan fingerprint density at radius 1 is 0.941 bits per heavy atom. The molecular weight excluding hydrogens is 638 g/mol. The number of carbonyl (C=O) groups is 4. The number of unbranched alkanes of at least 4 members (excludes halogenated alkanes) is 3. The average Bonchev–Trinajstić information content (AvgIpc) is 3.52. The van der Waals surface area contributed by atoms with Crippen molar-refractivity contribution in [3.8, 4) is 25.2 Å². The highest BCUT2D eigenvalue weighted by atomic mass is 16.2. The molecule has 4 unspecified atom stereocenters. The lowest BCUT2D eigenvalue weighted by molar-refractivity contribution is -0.141. The summed E-state index contributed by atoms with van der Waals surface area (Å²) in [6.45, 7) is 26.7. The van der Waals surface area contributed by atoms with Gasteiger partial charge in [0, 0.05) is 12.1 Å². The molecule has 2 aliphatic rings. The number of terminal acetylenes is 2. The van der Waals surface area contributed by atoms with Gasteiger partial charge in [-0.1, -0.05) is 140 Å². The zero-order valence-electron chi connectivity index (χ0n) is 34.5. The van der Waals surface area contributed by atoms with Crippen LogP contribution >= 0.6 is 0 Å². The first-order valence-electron chi connectivity index (χ1n) is 19.6. The third kappa shape index (κ3) is 20.9. The van der Waals surface area contributed by atoms with Crippen LogP contribution in [0.4, 0.5) is 4.79 Å². The lowest BCUT2D eigenvalue weighted by Crippen LogP contribution is -2.60. The van der Waals surface area contributed by atoms with Crippen molar-refractivity contribution in [1.82, 2.24) is 20.9 Å². The topological polar surface area (TPSA) is 134 Å². The van der Waals surface area contributed by atoms with E-state index in [4.69, 9.17) is 12.2 Å². The van der Waals surface area contributed by atoms with Gasteiger partial charge in [0.1, 0.15) is 17.6 Å². The Bertz CT molecular complexity index is 1060. The molecule has 0 aromatic rings. The lowest BCUT2D eigenvalue weighted by atomic mass is 9.82. The first kappa shape index (κ1) is 51.9. The predicted molar refractivity (Wildman–Crippen MR) is 216 cm³/mol. The molecule has 0 radical (unpaired) electrons. The van der Waals surface area contributed by atoms with Gasteiger partial charge in [0.05, 0.1) is 6.04 Å².